The molecule has 4 rings (SSSR count). The Morgan fingerprint density at radius 2 is 1.84 bits per heavy atom. The summed E-state index contributed by atoms with van der Waals surface area (Å²) in [5, 5.41) is 0. The topological polar surface area (TPSA) is 48.1 Å². The van der Waals surface area contributed by atoms with E-state index in [-0.39, 0.29) is 34.9 Å². The number of hydrogen-bond acceptors (Lipinski definition) is 4. The van der Waals surface area contributed by atoms with E-state index in [4.69, 9.17) is 0 Å². The minimum atomic E-state index is -4.52. The number of aromatic nitrogens is 3. The van der Waals surface area contributed by atoms with Crippen molar-refractivity contribution in [2.75, 3.05) is 29.4 Å². The number of H-pyrrole nitrogens is 1. The number of hydrogen-bond donors (Lipinski definition) is 1. The maximum absolute atomic E-state index is 13.3. The number of benzene rings is 1. The molecule has 1 fully saturated rings. The second-order valence-electron chi connectivity index (χ2n) is 7.27. The fraction of sp³-hybridized carbons (Fsp3) is 0.368. The van der Waals surface area contributed by atoms with Crippen molar-refractivity contribution in [3.8, 4) is 0 Å². The normalized spacial score (nSPS) is 18.1. The fourth-order valence-corrected chi connectivity index (χ4v) is 4.25. The molecule has 31 heavy (non-hydrogen) atoms. The van der Waals surface area contributed by atoms with Crippen molar-refractivity contribution in [1.29, 1.82) is 0 Å². The summed E-state index contributed by atoms with van der Waals surface area (Å²) in [4.78, 5) is 14.6. The van der Waals surface area contributed by atoms with Crippen molar-refractivity contribution in [2.24, 2.45) is 0 Å². The molecule has 1 saturated heterocycles. The molecule has 0 unspecified atom stereocenters. The van der Waals surface area contributed by atoms with Gasteiger partial charge in [-0.25, -0.2) is 9.97 Å². The molecule has 0 radical (unpaired) electrons. The van der Waals surface area contributed by atoms with Crippen LogP contribution in [0.4, 0.5) is 38.1 Å². The maximum atomic E-state index is 13.3. The lowest BCUT2D eigenvalue weighted by atomic mass is 10.1. The zero-order valence-corrected chi connectivity index (χ0v) is 17.6. The Kier molecular flexibility index (Phi) is 5.31. The molecular formula is C19H16BrF6N5. The van der Waals surface area contributed by atoms with Gasteiger partial charge in [0, 0.05) is 36.3 Å². The second kappa shape index (κ2) is 7.57. The van der Waals surface area contributed by atoms with Gasteiger partial charge in [-0.1, -0.05) is 0 Å². The van der Waals surface area contributed by atoms with E-state index in [1.165, 1.54) is 12.3 Å². The number of halogens is 7. The third-order valence-corrected chi connectivity index (χ3v) is 5.75. The van der Waals surface area contributed by atoms with Crippen LogP contribution < -0.4 is 9.80 Å². The zero-order chi connectivity index (χ0) is 22.6. The summed E-state index contributed by atoms with van der Waals surface area (Å²) in [6.45, 7) is 2.62. The zero-order valence-electron chi connectivity index (χ0n) is 16.0. The largest absolute Gasteiger partial charge is 0.419 e. The predicted octanol–water partition coefficient (Wildman–Crippen LogP) is 5.47. The van der Waals surface area contributed by atoms with Crippen LogP contribution in [0, 0.1) is 0 Å². The average Bonchev–Trinajstić information content (AvgIpc) is 3.11. The minimum absolute atomic E-state index is 0.135. The van der Waals surface area contributed by atoms with Crippen molar-refractivity contribution < 1.29 is 26.3 Å². The molecule has 12 heteroatoms. The lowest BCUT2D eigenvalue weighted by Gasteiger charge is -2.40. The van der Waals surface area contributed by atoms with Crippen LogP contribution in [0.25, 0.3) is 11.0 Å². The van der Waals surface area contributed by atoms with Crippen LogP contribution in [0.2, 0.25) is 0 Å². The highest BCUT2D eigenvalue weighted by Gasteiger charge is 2.37. The number of nitrogens with one attached hydrogen (secondary N) is 1. The number of aromatic amines is 1. The molecule has 3 aromatic rings. The minimum Gasteiger partial charge on any atom is -0.352 e. The van der Waals surface area contributed by atoms with Gasteiger partial charge in [0.25, 0.3) is 0 Å². The van der Waals surface area contributed by atoms with Crippen molar-refractivity contribution in [3.05, 3.63) is 46.1 Å². The third-order valence-electron chi connectivity index (χ3n) is 5.15. The van der Waals surface area contributed by atoms with Gasteiger partial charge in [-0.2, -0.15) is 26.3 Å². The number of rotatable bonds is 2. The number of imidazole rings is 1. The number of piperazine rings is 1. The lowest BCUT2D eigenvalue weighted by molar-refractivity contribution is -0.138. The molecule has 1 aliphatic rings. The Morgan fingerprint density at radius 1 is 1.10 bits per heavy atom. The molecule has 3 heterocycles. The summed E-state index contributed by atoms with van der Waals surface area (Å²) in [6.07, 6.45) is -7.71. The first-order valence-electron chi connectivity index (χ1n) is 9.25. The second-order valence-corrected chi connectivity index (χ2v) is 8.13. The van der Waals surface area contributed by atoms with Crippen molar-refractivity contribution >= 4 is 38.7 Å². The Morgan fingerprint density at radius 3 is 2.48 bits per heavy atom. The standard InChI is InChI=1S/C19H16BrF6N5/c1-10-9-30(16-12(19(24,25)26)3-2-4-27-16)5-6-31(10)17-28-14-8-11(18(21,22)23)7-13(20)15(14)29-17/h2-4,7-8,10H,5-6,9H2,1H3,(H,28,29)/t10-/m1/s1. The molecule has 2 aromatic heterocycles. The van der Waals surface area contributed by atoms with E-state index in [0.29, 0.717) is 18.0 Å². The van der Waals surface area contributed by atoms with Crippen LogP contribution in [-0.4, -0.2) is 40.6 Å². The molecule has 166 valence electrons. The molecule has 1 N–H and O–H groups in total. The molecular weight excluding hydrogens is 492 g/mol. The summed E-state index contributed by atoms with van der Waals surface area (Å²) in [5.41, 5.74) is -1.05. The van der Waals surface area contributed by atoms with Gasteiger partial charge in [-0.05, 0) is 47.1 Å². The van der Waals surface area contributed by atoms with E-state index >= 15 is 0 Å². The number of fused-ring (bicyclic) bond motifs is 1. The number of pyridine rings is 1. The van der Waals surface area contributed by atoms with E-state index in [1.807, 2.05) is 11.8 Å². The van der Waals surface area contributed by atoms with Crippen molar-refractivity contribution in [3.63, 3.8) is 0 Å². The van der Waals surface area contributed by atoms with E-state index in [0.717, 1.165) is 18.2 Å². The summed E-state index contributed by atoms with van der Waals surface area (Å²) in [5.74, 6) is 0.225. The SMILES string of the molecule is C[C@@H]1CN(c2ncccc2C(F)(F)F)CCN1c1nc2c(Br)cc(C(F)(F)F)cc2[nH]1. The Hall–Kier alpha value is -2.50. The Balaban J connectivity index is 1.60. The molecule has 0 amide bonds. The maximum Gasteiger partial charge on any atom is 0.419 e. The monoisotopic (exact) mass is 507 g/mol. The van der Waals surface area contributed by atoms with Gasteiger partial charge >= 0.3 is 12.4 Å². The van der Waals surface area contributed by atoms with Crippen LogP contribution >= 0.6 is 15.9 Å². The third kappa shape index (κ3) is 4.17. The first-order chi connectivity index (χ1) is 14.4. The van der Waals surface area contributed by atoms with E-state index in [1.54, 1.807) is 4.90 Å². The van der Waals surface area contributed by atoms with Gasteiger partial charge in [-0.3, -0.25) is 0 Å². The summed E-state index contributed by atoms with van der Waals surface area (Å²) < 4.78 is 79.5. The van der Waals surface area contributed by atoms with E-state index in [9.17, 15) is 26.3 Å². The van der Waals surface area contributed by atoms with Gasteiger partial charge in [0.2, 0.25) is 5.95 Å². The molecule has 0 saturated carbocycles. The first-order valence-corrected chi connectivity index (χ1v) is 10.0. The van der Waals surface area contributed by atoms with Gasteiger partial charge in [0.05, 0.1) is 16.6 Å². The summed E-state index contributed by atoms with van der Waals surface area (Å²) >= 11 is 3.14. The summed E-state index contributed by atoms with van der Waals surface area (Å²) in [6, 6.07) is 3.93. The van der Waals surface area contributed by atoms with Crippen LogP contribution in [-0.2, 0) is 12.4 Å². The van der Waals surface area contributed by atoms with E-state index < -0.39 is 23.5 Å². The molecule has 1 aromatic carbocycles. The molecule has 1 atom stereocenters. The highest BCUT2D eigenvalue weighted by Crippen LogP contribution is 2.37. The molecule has 0 spiro atoms. The first kappa shape index (κ1) is 21.7. The van der Waals surface area contributed by atoms with Gasteiger partial charge in [-0.15, -0.1) is 0 Å². The van der Waals surface area contributed by atoms with Crippen LogP contribution in [0.5, 0.6) is 0 Å². The number of nitrogens with zero attached hydrogens (tertiary/aromatic N) is 4. The highest BCUT2D eigenvalue weighted by molar-refractivity contribution is 9.10. The molecule has 0 aliphatic carbocycles. The van der Waals surface area contributed by atoms with Crippen LogP contribution in [0.15, 0.2) is 34.9 Å². The lowest BCUT2D eigenvalue weighted by Crippen LogP contribution is -2.53. The number of alkyl halides is 6. The highest BCUT2D eigenvalue weighted by atomic mass is 79.9. The number of anilines is 2. The molecule has 1 aliphatic heterocycles. The van der Waals surface area contributed by atoms with Gasteiger partial charge < -0.3 is 14.8 Å². The fourth-order valence-electron chi connectivity index (χ4n) is 3.70. The quantitative estimate of drug-likeness (QED) is 0.467. The Bertz CT molecular complexity index is 1110. The van der Waals surface area contributed by atoms with Gasteiger partial charge in [0.1, 0.15) is 11.3 Å². The molecule has 0 bridgehead atoms. The van der Waals surface area contributed by atoms with Crippen LogP contribution in [0.3, 0.4) is 0 Å². The average molecular weight is 508 g/mol. The Labute approximate surface area is 181 Å². The van der Waals surface area contributed by atoms with Crippen molar-refractivity contribution in [1.82, 2.24) is 15.0 Å². The summed E-state index contributed by atoms with van der Waals surface area (Å²) in [7, 11) is 0. The molecule has 5 nitrogen and oxygen atoms in total. The predicted molar refractivity (Wildman–Crippen MR) is 107 cm³/mol. The van der Waals surface area contributed by atoms with Gasteiger partial charge in [0.15, 0.2) is 0 Å². The van der Waals surface area contributed by atoms with E-state index in [2.05, 4.69) is 30.9 Å². The van der Waals surface area contributed by atoms with Crippen molar-refractivity contribution in [2.45, 2.75) is 25.3 Å². The smallest absolute Gasteiger partial charge is 0.352 e. The van der Waals surface area contributed by atoms with Crippen LogP contribution in [0.1, 0.15) is 18.1 Å².